The molecule has 3 N–H and O–H groups in total. The number of rotatable bonds is 4. The molecule has 3 rings (SSSR count). The minimum absolute atomic E-state index is 0.0586. The average Bonchev–Trinajstić information content (AvgIpc) is 3.09. The number of aryl methyl sites for hydroxylation is 1. The number of alkyl halides is 6. The Hall–Kier alpha value is -3.64. The van der Waals surface area contributed by atoms with E-state index in [9.17, 15) is 31.1 Å². The lowest BCUT2D eigenvalue weighted by Crippen LogP contribution is -2.21. The molecule has 13 heteroatoms. The maximum atomic E-state index is 12.7. The van der Waals surface area contributed by atoms with Crippen LogP contribution in [-0.4, -0.2) is 33.1 Å². The van der Waals surface area contributed by atoms with E-state index in [1.54, 1.807) is 6.07 Å². The number of carbonyl (C=O) groups is 2. The Morgan fingerprint density at radius 2 is 1.81 bits per heavy atom. The van der Waals surface area contributed by atoms with Crippen LogP contribution < -0.4 is 10.6 Å². The van der Waals surface area contributed by atoms with Gasteiger partial charge in [0.1, 0.15) is 5.69 Å². The van der Waals surface area contributed by atoms with E-state index >= 15 is 0 Å². The monoisotopic (exact) mass is 462 g/mol. The first kappa shape index (κ1) is 24.6. The number of nitrogens with zero attached hydrogens (tertiary/aromatic N) is 2. The Kier molecular flexibility index (Phi) is 7.44. The van der Waals surface area contributed by atoms with Crippen molar-refractivity contribution >= 4 is 23.5 Å². The van der Waals surface area contributed by atoms with Gasteiger partial charge in [0.2, 0.25) is 11.9 Å². The van der Waals surface area contributed by atoms with Crippen molar-refractivity contribution in [3.8, 4) is 0 Å². The number of benzene rings is 1. The zero-order valence-corrected chi connectivity index (χ0v) is 16.1. The number of carbonyl (C=O) groups excluding carboxylic acids is 1. The van der Waals surface area contributed by atoms with Gasteiger partial charge in [0, 0.05) is 11.9 Å². The highest BCUT2D eigenvalue weighted by Crippen LogP contribution is 2.35. The Morgan fingerprint density at radius 1 is 1.16 bits per heavy atom. The average molecular weight is 462 g/mol. The van der Waals surface area contributed by atoms with Crippen molar-refractivity contribution in [3.63, 3.8) is 0 Å². The lowest BCUT2D eigenvalue weighted by Gasteiger charge is -2.15. The normalized spacial score (nSPS) is 15.1. The smallest absolute Gasteiger partial charge is 0.475 e. The van der Waals surface area contributed by atoms with Crippen LogP contribution in [0.25, 0.3) is 0 Å². The molecule has 1 aliphatic carbocycles. The first-order chi connectivity index (χ1) is 14.8. The molecule has 1 atom stereocenters. The van der Waals surface area contributed by atoms with Crippen molar-refractivity contribution in [3.05, 3.63) is 59.9 Å². The van der Waals surface area contributed by atoms with Gasteiger partial charge < -0.3 is 15.7 Å². The summed E-state index contributed by atoms with van der Waals surface area (Å²) in [5.74, 6) is -3.12. The fraction of sp³-hybridized carbons (Fsp3) is 0.263. The summed E-state index contributed by atoms with van der Waals surface area (Å²) in [5, 5.41) is 12.8. The van der Waals surface area contributed by atoms with E-state index in [-0.39, 0.29) is 17.9 Å². The van der Waals surface area contributed by atoms with Crippen molar-refractivity contribution in [2.24, 2.45) is 0 Å². The molecule has 0 radical (unpaired) electrons. The molecule has 0 saturated carbocycles. The van der Waals surface area contributed by atoms with Crippen LogP contribution in [-0.2, 0) is 22.2 Å². The molecule has 0 fully saturated rings. The number of amides is 1. The maximum Gasteiger partial charge on any atom is 0.490 e. The number of halogens is 6. The topological polar surface area (TPSA) is 104 Å². The van der Waals surface area contributed by atoms with Crippen LogP contribution in [0.2, 0.25) is 0 Å². The van der Waals surface area contributed by atoms with E-state index in [2.05, 4.69) is 27.2 Å². The SMILES string of the molecule is C=CC(=O)Nc1ccc2c(c1)CCC2Nc1nccc(C(F)(F)F)n1.O=C(O)C(F)(F)F. The summed E-state index contributed by atoms with van der Waals surface area (Å²) >= 11 is 0. The number of anilines is 2. The Bertz CT molecular complexity index is 1010. The molecule has 0 bridgehead atoms. The van der Waals surface area contributed by atoms with Gasteiger partial charge >= 0.3 is 18.3 Å². The molecular formula is C19H16F6N4O3. The van der Waals surface area contributed by atoms with Crippen LogP contribution in [0.5, 0.6) is 0 Å². The third kappa shape index (κ3) is 6.68. The fourth-order valence-corrected chi connectivity index (χ4v) is 2.78. The molecule has 0 spiro atoms. The number of aliphatic carboxylic acids is 1. The van der Waals surface area contributed by atoms with Crippen LogP contribution in [0.4, 0.5) is 38.0 Å². The lowest BCUT2D eigenvalue weighted by molar-refractivity contribution is -0.192. The first-order valence-corrected chi connectivity index (χ1v) is 8.84. The van der Waals surface area contributed by atoms with Gasteiger partial charge in [-0.2, -0.15) is 26.3 Å². The Labute approximate surface area is 177 Å². The third-order valence-electron chi connectivity index (χ3n) is 4.17. The predicted molar refractivity (Wildman–Crippen MR) is 101 cm³/mol. The predicted octanol–water partition coefficient (Wildman–Crippen LogP) is 4.35. The first-order valence-electron chi connectivity index (χ1n) is 8.84. The molecule has 7 nitrogen and oxygen atoms in total. The highest BCUT2D eigenvalue weighted by molar-refractivity contribution is 5.98. The fourth-order valence-electron chi connectivity index (χ4n) is 2.78. The van der Waals surface area contributed by atoms with E-state index in [0.29, 0.717) is 12.1 Å². The van der Waals surface area contributed by atoms with Gasteiger partial charge in [-0.3, -0.25) is 4.79 Å². The van der Waals surface area contributed by atoms with Gasteiger partial charge in [0.05, 0.1) is 6.04 Å². The molecule has 1 aliphatic rings. The highest BCUT2D eigenvalue weighted by atomic mass is 19.4. The minimum atomic E-state index is -5.08. The van der Waals surface area contributed by atoms with Gasteiger partial charge in [-0.15, -0.1) is 0 Å². The van der Waals surface area contributed by atoms with E-state index in [1.807, 2.05) is 12.1 Å². The number of nitrogens with one attached hydrogen (secondary N) is 2. The summed E-state index contributed by atoms with van der Waals surface area (Å²) in [6, 6.07) is 6.09. The number of carboxylic acid groups (broad SMARTS) is 1. The molecule has 1 heterocycles. The van der Waals surface area contributed by atoms with Crippen molar-refractivity contribution in [1.29, 1.82) is 0 Å². The third-order valence-corrected chi connectivity index (χ3v) is 4.17. The molecule has 2 aromatic rings. The Morgan fingerprint density at radius 3 is 2.38 bits per heavy atom. The summed E-state index contributed by atoms with van der Waals surface area (Å²) in [7, 11) is 0. The molecule has 32 heavy (non-hydrogen) atoms. The Balaban J connectivity index is 0.000000451. The van der Waals surface area contributed by atoms with Crippen LogP contribution >= 0.6 is 0 Å². The van der Waals surface area contributed by atoms with E-state index < -0.39 is 24.0 Å². The minimum Gasteiger partial charge on any atom is -0.475 e. The molecule has 0 aliphatic heterocycles. The lowest BCUT2D eigenvalue weighted by atomic mass is 10.1. The molecule has 1 unspecified atom stereocenters. The van der Waals surface area contributed by atoms with E-state index in [0.717, 1.165) is 29.8 Å². The van der Waals surface area contributed by atoms with Crippen molar-refractivity contribution < 1.29 is 41.0 Å². The number of aromatic nitrogens is 2. The van der Waals surface area contributed by atoms with Gasteiger partial charge in [-0.05, 0) is 48.2 Å². The maximum absolute atomic E-state index is 12.7. The van der Waals surface area contributed by atoms with Gasteiger partial charge in [-0.25, -0.2) is 14.8 Å². The van der Waals surface area contributed by atoms with Gasteiger partial charge in [0.25, 0.3) is 0 Å². The second-order valence-electron chi connectivity index (χ2n) is 6.41. The second-order valence-corrected chi connectivity index (χ2v) is 6.41. The molecule has 0 saturated heterocycles. The molecule has 1 amide bonds. The number of hydrogen-bond donors (Lipinski definition) is 3. The molecular weight excluding hydrogens is 446 g/mol. The zero-order valence-electron chi connectivity index (χ0n) is 16.1. The number of carboxylic acids is 1. The summed E-state index contributed by atoms with van der Waals surface area (Å²) < 4.78 is 70.0. The second kappa shape index (κ2) is 9.66. The van der Waals surface area contributed by atoms with Crippen LogP contribution in [0.3, 0.4) is 0 Å². The highest BCUT2D eigenvalue weighted by Gasteiger charge is 2.38. The molecule has 1 aromatic heterocycles. The van der Waals surface area contributed by atoms with Crippen molar-refractivity contribution in [1.82, 2.24) is 9.97 Å². The van der Waals surface area contributed by atoms with Crippen LogP contribution in [0.1, 0.15) is 29.3 Å². The number of hydrogen-bond acceptors (Lipinski definition) is 5. The van der Waals surface area contributed by atoms with E-state index in [4.69, 9.17) is 9.90 Å². The van der Waals surface area contributed by atoms with Gasteiger partial charge in [0.15, 0.2) is 0 Å². The quantitative estimate of drug-likeness (QED) is 0.461. The van der Waals surface area contributed by atoms with Gasteiger partial charge in [-0.1, -0.05) is 12.6 Å². The van der Waals surface area contributed by atoms with Crippen molar-refractivity contribution in [2.75, 3.05) is 10.6 Å². The summed E-state index contributed by atoms with van der Waals surface area (Å²) in [6.07, 6.45) is -5.88. The largest absolute Gasteiger partial charge is 0.490 e. The van der Waals surface area contributed by atoms with Crippen LogP contribution in [0, 0.1) is 0 Å². The van der Waals surface area contributed by atoms with E-state index in [1.165, 1.54) is 6.08 Å². The summed E-state index contributed by atoms with van der Waals surface area (Å²) in [5.41, 5.74) is 1.65. The standard InChI is InChI=1S/C17H15F3N4O.C2HF3O2/c1-2-15(25)22-11-4-5-12-10(9-11)3-6-13(12)23-16-21-8-7-14(24-16)17(18,19)20;3-2(4,5)1(6)7/h2,4-5,7-9,13H,1,3,6H2,(H,22,25)(H,21,23,24);(H,6,7). The number of fused-ring (bicyclic) bond motifs is 1. The summed E-state index contributed by atoms with van der Waals surface area (Å²) in [4.78, 5) is 27.6. The summed E-state index contributed by atoms with van der Waals surface area (Å²) in [6.45, 7) is 3.40. The van der Waals surface area contributed by atoms with Crippen molar-refractivity contribution in [2.45, 2.75) is 31.2 Å². The van der Waals surface area contributed by atoms with Crippen LogP contribution in [0.15, 0.2) is 43.1 Å². The molecule has 172 valence electrons. The molecule has 1 aromatic carbocycles. The zero-order chi connectivity index (χ0) is 24.1.